The minimum Gasteiger partial charge on any atom is -0.314 e. The number of rotatable bonds is 11. The van der Waals surface area contributed by atoms with Crippen molar-refractivity contribution in [2.24, 2.45) is 0 Å². The number of benzene rings is 5. The molecular weight excluding hydrogens is 663 g/mol. The van der Waals surface area contributed by atoms with Gasteiger partial charge in [0, 0.05) is 23.0 Å². The highest BCUT2D eigenvalue weighted by molar-refractivity contribution is 5.89. The van der Waals surface area contributed by atoms with Crippen LogP contribution in [0.2, 0.25) is 0 Å². The zero-order valence-electron chi connectivity index (χ0n) is 31.4. The van der Waals surface area contributed by atoms with Crippen LogP contribution in [0.5, 0.6) is 0 Å². The monoisotopic (exact) mass is 709 g/mol. The molecule has 0 heterocycles. The van der Waals surface area contributed by atoms with Gasteiger partial charge >= 0.3 is 0 Å². The highest BCUT2D eigenvalue weighted by Gasteiger charge is 2.22. The summed E-state index contributed by atoms with van der Waals surface area (Å²) in [6, 6.07) is 48.1. The third-order valence-electron chi connectivity index (χ3n) is 10.9. The fourth-order valence-electron chi connectivity index (χ4n) is 7.89. The maximum Gasteiger partial charge on any atom is 0.0465 e. The number of hydrogen-bond donors (Lipinski definition) is 0. The Hall–Kier alpha value is -6.44. The van der Waals surface area contributed by atoms with Crippen molar-refractivity contribution in [3.63, 3.8) is 0 Å². The van der Waals surface area contributed by atoms with Crippen molar-refractivity contribution in [2.45, 2.75) is 38.0 Å². The van der Waals surface area contributed by atoms with Gasteiger partial charge in [-0.15, -0.1) is 0 Å². The number of nitrogens with zero attached hydrogens (tertiary/aromatic N) is 1. The lowest BCUT2D eigenvalue weighted by Gasteiger charge is -2.31. The topological polar surface area (TPSA) is 3.24 Å². The van der Waals surface area contributed by atoms with Crippen LogP contribution < -0.4 is 4.90 Å². The Bertz CT molecular complexity index is 2380. The summed E-state index contributed by atoms with van der Waals surface area (Å²) in [6.45, 7) is 4.15. The van der Waals surface area contributed by atoms with Gasteiger partial charge in [0.2, 0.25) is 0 Å². The summed E-state index contributed by atoms with van der Waals surface area (Å²) in [5, 5.41) is 0. The molecule has 0 saturated heterocycles. The number of hydrogen-bond acceptors (Lipinski definition) is 1. The SMILES string of the molecule is C=C/C(=C\C=C\c1ccccc1)c1ccc(N(C2=CC=C(C3=CC=CCC3)CC2)c2ccc(C3=CCC(c4ccccc4)C=C3)c(-c3ccccc3)c2)cc1. The summed E-state index contributed by atoms with van der Waals surface area (Å²) in [4.78, 5) is 2.46. The molecule has 0 amide bonds. The van der Waals surface area contributed by atoms with Crippen LogP contribution in [0.3, 0.4) is 0 Å². The van der Waals surface area contributed by atoms with E-state index in [0.29, 0.717) is 5.92 Å². The van der Waals surface area contributed by atoms with E-state index < -0.39 is 0 Å². The molecule has 0 fully saturated rings. The molecule has 0 saturated carbocycles. The van der Waals surface area contributed by atoms with Crippen LogP contribution in [0, 0.1) is 0 Å². The molecule has 0 N–H and O–H groups in total. The van der Waals surface area contributed by atoms with E-state index in [1.807, 2.05) is 12.1 Å². The Morgan fingerprint density at radius 2 is 1.40 bits per heavy atom. The molecular formula is C54H47N. The van der Waals surface area contributed by atoms with Crippen molar-refractivity contribution in [3.05, 3.63) is 246 Å². The van der Waals surface area contributed by atoms with E-state index in [0.717, 1.165) is 54.6 Å². The van der Waals surface area contributed by atoms with Crippen LogP contribution in [-0.2, 0) is 0 Å². The van der Waals surface area contributed by atoms with Crippen molar-refractivity contribution in [1.29, 1.82) is 0 Å². The third-order valence-corrected chi connectivity index (χ3v) is 10.9. The standard InChI is InChI=1S/C54H47N/c1-2-42(25-15-18-41-16-7-3-8-17-41)45-30-34-50(35-31-45)55(51-36-32-47(33-37-51)44-21-11-5-12-22-44)52-38-39-53(54(40-52)48-23-13-6-14-24-48)49-28-26-46(27-29-49)43-19-9-4-10-20-43/h2-11,13-21,23-26,28-32,34-36,38-40,46H,1,12,22,27,33,37H2/b18-15+,42-25+. The van der Waals surface area contributed by atoms with E-state index in [4.69, 9.17) is 0 Å². The van der Waals surface area contributed by atoms with Gasteiger partial charge in [-0.1, -0.05) is 183 Å². The van der Waals surface area contributed by atoms with Gasteiger partial charge in [0.1, 0.15) is 0 Å². The van der Waals surface area contributed by atoms with E-state index >= 15 is 0 Å². The largest absolute Gasteiger partial charge is 0.314 e. The molecule has 5 aromatic carbocycles. The molecule has 8 rings (SSSR count). The zero-order valence-corrected chi connectivity index (χ0v) is 31.4. The highest BCUT2D eigenvalue weighted by Crippen LogP contribution is 2.42. The first-order valence-corrected chi connectivity index (χ1v) is 19.6. The van der Waals surface area contributed by atoms with Gasteiger partial charge in [0.15, 0.2) is 0 Å². The van der Waals surface area contributed by atoms with Crippen LogP contribution in [0.4, 0.5) is 11.4 Å². The van der Waals surface area contributed by atoms with Crippen LogP contribution in [0.25, 0.3) is 28.3 Å². The van der Waals surface area contributed by atoms with E-state index in [1.54, 1.807) is 0 Å². The first-order chi connectivity index (χ1) is 27.2. The predicted octanol–water partition coefficient (Wildman–Crippen LogP) is 14.8. The number of allylic oxidation sites excluding steroid dienone is 16. The summed E-state index contributed by atoms with van der Waals surface area (Å²) < 4.78 is 0. The van der Waals surface area contributed by atoms with Crippen molar-refractivity contribution in [1.82, 2.24) is 0 Å². The van der Waals surface area contributed by atoms with Crippen molar-refractivity contribution in [2.75, 3.05) is 4.90 Å². The molecule has 5 aromatic rings. The Kier molecular flexibility index (Phi) is 11.1. The van der Waals surface area contributed by atoms with Crippen LogP contribution in [0.15, 0.2) is 224 Å². The van der Waals surface area contributed by atoms with Gasteiger partial charge < -0.3 is 4.90 Å². The average Bonchev–Trinajstić information content (AvgIpc) is 3.27. The fourth-order valence-corrected chi connectivity index (χ4v) is 7.89. The molecule has 0 aliphatic heterocycles. The van der Waals surface area contributed by atoms with E-state index in [-0.39, 0.29) is 0 Å². The van der Waals surface area contributed by atoms with E-state index in [2.05, 4.69) is 206 Å². The van der Waals surface area contributed by atoms with Gasteiger partial charge in [0.05, 0.1) is 0 Å². The maximum atomic E-state index is 4.15. The molecule has 1 unspecified atom stereocenters. The first kappa shape index (κ1) is 35.6. The molecule has 55 heavy (non-hydrogen) atoms. The summed E-state index contributed by atoms with van der Waals surface area (Å²) >= 11 is 0. The lowest BCUT2D eigenvalue weighted by atomic mass is 9.85. The lowest BCUT2D eigenvalue weighted by Crippen LogP contribution is -2.18. The average molecular weight is 710 g/mol. The van der Waals surface area contributed by atoms with Crippen LogP contribution >= 0.6 is 0 Å². The third kappa shape index (κ3) is 8.38. The van der Waals surface area contributed by atoms with Gasteiger partial charge in [-0.2, -0.15) is 0 Å². The predicted molar refractivity (Wildman–Crippen MR) is 237 cm³/mol. The Labute approximate surface area is 327 Å². The molecule has 0 bridgehead atoms. The molecule has 1 nitrogen and oxygen atoms in total. The molecule has 0 radical (unpaired) electrons. The van der Waals surface area contributed by atoms with Crippen LogP contribution in [-0.4, -0.2) is 0 Å². The summed E-state index contributed by atoms with van der Waals surface area (Å²) in [7, 11) is 0. The maximum absolute atomic E-state index is 4.15. The molecule has 3 aliphatic carbocycles. The highest BCUT2D eigenvalue weighted by atomic mass is 15.1. The van der Waals surface area contributed by atoms with Gasteiger partial charge in [0.25, 0.3) is 0 Å². The smallest absolute Gasteiger partial charge is 0.0465 e. The van der Waals surface area contributed by atoms with Gasteiger partial charge in [-0.3, -0.25) is 0 Å². The van der Waals surface area contributed by atoms with E-state index in [9.17, 15) is 0 Å². The molecule has 268 valence electrons. The van der Waals surface area contributed by atoms with Crippen LogP contribution in [0.1, 0.15) is 60.3 Å². The Morgan fingerprint density at radius 1 is 0.673 bits per heavy atom. The van der Waals surface area contributed by atoms with Gasteiger partial charge in [-0.25, -0.2) is 0 Å². The Morgan fingerprint density at radius 3 is 2.07 bits per heavy atom. The molecule has 1 atom stereocenters. The van der Waals surface area contributed by atoms with Crippen molar-refractivity contribution >= 4 is 28.6 Å². The molecule has 0 spiro atoms. The molecule has 0 aromatic heterocycles. The zero-order chi connectivity index (χ0) is 37.2. The first-order valence-electron chi connectivity index (χ1n) is 19.6. The second-order valence-electron chi connectivity index (χ2n) is 14.4. The normalized spacial score (nSPS) is 16.9. The minimum atomic E-state index is 0.399. The molecule has 3 aliphatic rings. The second kappa shape index (κ2) is 17.1. The second-order valence-corrected chi connectivity index (χ2v) is 14.4. The molecule has 1 heteroatoms. The quantitative estimate of drug-likeness (QED) is 0.123. The van der Waals surface area contributed by atoms with E-state index in [1.165, 1.54) is 50.2 Å². The Balaban J connectivity index is 1.17. The lowest BCUT2D eigenvalue weighted by molar-refractivity contribution is 0.850. The van der Waals surface area contributed by atoms with Gasteiger partial charge in [-0.05, 0) is 118 Å². The summed E-state index contributed by atoms with van der Waals surface area (Å²) in [5.74, 6) is 0.399. The summed E-state index contributed by atoms with van der Waals surface area (Å²) in [6.07, 6.45) is 32.1. The minimum absolute atomic E-state index is 0.399. The summed E-state index contributed by atoms with van der Waals surface area (Å²) in [5.41, 5.74) is 16.3. The van der Waals surface area contributed by atoms with Crippen molar-refractivity contribution < 1.29 is 0 Å². The van der Waals surface area contributed by atoms with Crippen molar-refractivity contribution in [3.8, 4) is 11.1 Å². The number of anilines is 2. The fraction of sp³-hybridized carbons (Fsp3) is 0.111.